The van der Waals surface area contributed by atoms with Gasteiger partial charge in [0.1, 0.15) is 5.82 Å². The summed E-state index contributed by atoms with van der Waals surface area (Å²) in [7, 11) is 2.18. The van der Waals surface area contributed by atoms with E-state index in [1.54, 1.807) is 0 Å². The molecule has 0 spiro atoms. The first-order chi connectivity index (χ1) is 9.65. The van der Waals surface area contributed by atoms with Crippen molar-refractivity contribution < 1.29 is 0 Å². The van der Waals surface area contributed by atoms with Crippen molar-refractivity contribution in [1.29, 1.82) is 0 Å². The average molecular weight is 276 g/mol. The van der Waals surface area contributed by atoms with E-state index in [1.165, 1.54) is 56.2 Å². The predicted octanol–water partition coefficient (Wildman–Crippen LogP) is 1.90. The van der Waals surface area contributed by atoms with Crippen LogP contribution in [0, 0.1) is 5.92 Å². The highest BCUT2D eigenvalue weighted by molar-refractivity contribution is 5.21. The molecule has 0 unspecified atom stereocenters. The smallest absolute Gasteiger partial charge is 0.111 e. The van der Waals surface area contributed by atoms with Crippen molar-refractivity contribution in [3.8, 4) is 0 Å². The molecule has 0 aromatic carbocycles. The van der Waals surface area contributed by atoms with Crippen molar-refractivity contribution in [1.82, 2.24) is 19.8 Å². The third kappa shape index (κ3) is 2.77. The monoisotopic (exact) mass is 276 g/mol. The first-order valence-corrected chi connectivity index (χ1v) is 8.12. The van der Waals surface area contributed by atoms with Crippen LogP contribution in [0.1, 0.15) is 49.8 Å². The van der Waals surface area contributed by atoms with Gasteiger partial charge in [0.2, 0.25) is 0 Å². The number of rotatable bonds is 3. The number of nitrogens with one attached hydrogen (secondary N) is 1. The van der Waals surface area contributed by atoms with Crippen LogP contribution in [0.2, 0.25) is 0 Å². The molecule has 0 saturated carbocycles. The number of imidazole rings is 1. The summed E-state index contributed by atoms with van der Waals surface area (Å²) in [5, 5.41) is 3.46. The van der Waals surface area contributed by atoms with Crippen LogP contribution in [0.25, 0.3) is 0 Å². The molecule has 1 aromatic rings. The zero-order chi connectivity index (χ0) is 14.1. The van der Waals surface area contributed by atoms with E-state index in [4.69, 9.17) is 4.98 Å². The Bertz CT molecular complexity index is 457. The molecule has 4 nitrogen and oxygen atoms in total. The standard InChI is InChI=1S/C16H28N4/c1-12(2)16-18-14-11-20(9-6-15(14)19(16)3)10-13-4-7-17-8-5-13/h12-13,17H,4-11H2,1-3H3. The van der Waals surface area contributed by atoms with E-state index < -0.39 is 0 Å². The summed E-state index contributed by atoms with van der Waals surface area (Å²) in [6.45, 7) is 10.4. The van der Waals surface area contributed by atoms with Crippen molar-refractivity contribution in [2.24, 2.45) is 13.0 Å². The normalized spacial score (nSPS) is 21.4. The maximum Gasteiger partial charge on any atom is 0.111 e. The molecule has 0 bridgehead atoms. The second-order valence-corrected chi connectivity index (χ2v) is 6.76. The Labute approximate surface area is 122 Å². The minimum Gasteiger partial charge on any atom is -0.335 e. The summed E-state index contributed by atoms with van der Waals surface area (Å²) in [5.74, 6) is 2.65. The fourth-order valence-electron chi connectivity index (χ4n) is 3.70. The highest BCUT2D eigenvalue weighted by atomic mass is 15.2. The topological polar surface area (TPSA) is 33.1 Å². The highest BCUT2D eigenvalue weighted by Crippen LogP contribution is 2.24. The minimum atomic E-state index is 0.517. The number of hydrogen-bond acceptors (Lipinski definition) is 3. The maximum absolute atomic E-state index is 4.90. The molecule has 4 heteroatoms. The van der Waals surface area contributed by atoms with Gasteiger partial charge in [0.25, 0.3) is 0 Å². The van der Waals surface area contributed by atoms with Crippen LogP contribution in [0.4, 0.5) is 0 Å². The second kappa shape index (κ2) is 5.86. The lowest BCUT2D eigenvalue weighted by Crippen LogP contribution is -2.38. The largest absolute Gasteiger partial charge is 0.335 e. The zero-order valence-electron chi connectivity index (χ0n) is 13.2. The predicted molar refractivity (Wildman–Crippen MR) is 81.9 cm³/mol. The van der Waals surface area contributed by atoms with Gasteiger partial charge in [-0.2, -0.15) is 0 Å². The summed E-state index contributed by atoms with van der Waals surface area (Å²) in [4.78, 5) is 7.52. The molecule has 1 aromatic heterocycles. The average Bonchev–Trinajstić information content (AvgIpc) is 2.77. The molecule has 112 valence electrons. The van der Waals surface area contributed by atoms with Crippen molar-refractivity contribution in [2.45, 2.75) is 45.6 Å². The van der Waals surface area contributed by atoms with Gasteiger partial charge in [0.05, 0.1) is 5.69 Å². The van der Waals surface area contributed by atoms with Crippen molar-refractivity contribution in [3.63, 3.8) is 0 Å². The summed E-state index contributed by atoms with van der Waals surface area (Å²) >= 11 is 0. The van der Waals surface area contributed by atoms with Gasteiger partial charge in [-0.1, -0.05) is 13.8 Å². The number of hydrogen-bond donors (Lipinski definition) is 1. The van der Waals surface area contributed by atoms with Gasteiger partial charge in [-0.25, -0.2) is 4.98 Å². The van der Waals surface area contributed by atoms with Gasteiger partial charge >= 0.3 is 0 Å². The molecule has 20 heavy (non-hydrogen) atoms. The van der Waals surface area contributed by atoms with E-state index in [1.807, 2.05) is 0 Å². The summed E-state index contributed by atoms with van der Waals surface area (Å²) < 4.78 is 2.34. The van der Waals surface area contributed by atoms with Gasteiger partial charge in [0, 0.05) is 44.7 Å². The third-order valence-corrected chi connectivity index (χ3v) is 4.86. The van der Waals surface area contributed by atoms with E-state index in [-0.39, 0.29) is 0 Å². The second-order valence-electron chi connectivity index (χ2n) is 6.76. The van der Waals surface area contributed by atoms with Gasteiger partial charge in [-0.3, -0.25) is 4.90 Å². The molecule has 0 atom stereocenters. The summed E-state index contributed by atoms with van der Waals surface area (Å²) in [6, 6.07) is 0. The van der Waals surface area contributed by atoms with E-state index in [9.17, 15) is 0 Å². The SMILES string of the molecule is CC(C)c1nc2c(n1C)CCN(CC1CCNCC1)C2. The lowest BCUT2D eigenvalue weighted by molar-refractivity contribution is 0.188. The number of fused-ring (bicyclic) bond motifs is 1. The number of nitrogens with zero attached hydrogens (tertiary/aromatic N) is 3. The first-order valence-electron chi connectivity index (χ1n) is 8.12. The first kappa shape index (κ1) is 14.1. The van der Waals surface area contributed by atoms with Crippen LogP contribution in [0.15, 0.2) is 0 Å². The maximum atomic E-state index is 4.90. The van der Waals surface area contributed by atoms with Crippen LogP contribution in [0.5, 0.6) is 0 Å². The molecule has 2 aliphatic heterocycles. The van der Waals surface area contributed by atoms with Crippen LogP contribution in [0.3, 0.4) is 0 Å². The lowest BCUT2D eigenvalue weighted by Gasteiger charge is -2.32. The molecule has 0 amide bonds. The lowest BCUT2D eigenvalue weighted by atomic mass is 9.96. The van der Waals surface area contributed by atoms with E-state index in [0.717, 1.165) is 18.9 Å². The molecule has 2 aliphatic rings. The number of piperidine rings is 1. The molecule has 0 radical (unpaired) electrons. The summed E-state index contributed by atoms with van der Waals surface area (Å²) in [5.41, 5.74) is 2.80. The molecule has 1 fully saturated rings. The van der Waals surface area contributed by atoms with Gasteiger partial charge in [0.15, 0.2) is 0 Å². The Kier molecular flexibility index (Phi) is 4.13. The van der Waals surface area contributed by atoms with E-state index in [2.05, 4.69) is 35.7 Å². The molecular formula is C16H28N4. The Morgan fingerprint density at radius 3 is 2.75 bits per heavy atom. The van der Waals surface area contributed by atoms with Crippen molar-refractivity contribution in [2.75, 3.05) is 26.2 Å². The van der Waals surface area contributed by atoms with Crippen LogP contribution in [-0.4, -0.2) is 40.6 Å². The van der Waals surface area contributed by atoms with Crippen molar-refractivity contribution >= 4 is 0 Å². The van der Waals surface area contributed by atoms with Crippen LogP contribution in [-0.2, 0) is 20.0 Å². The Morgan fingerprint density at radius 2 is 2.05 bits per heavy atom. The van der Waals surface area contributed by atoms with E-state index >= 15 is 0 Å². The molecule has 3 rings (SSSR count). The Balaban J connectivity index is 1.67. The Morgan fingerprint density at radius 1 is 1.30 bits per heavy atom. The van der Waals surface area contributed by atoms with Crippen molar-refractivity contribution in [3.05, 3.63) is 17.2 Å². The molecule has 1 N–H and O–H groups in total. The Hall–Kier alpha value is -0.870. The summed E-state index contributed by atoms with van der Waals surface area (Å²) in [6.07, 6.45) is 3.84. The van der Waals surface area contributed by atoms with Crippen LogP contribution < -0.4 is 5.32 Å². The fraction of sp³-hybridized carbons (Fsp3) is 0.812. The zero-order valence-corrected chi connectivity index (χ0v) is 13.2. The third-order valence-electron chi connectivity index (χ3n) is 4.86. The number of aromatic nitrogens is 2. The van der Waals surface area contributed by atoms with Crippen LogP contribution >= 0.6 is 0 Å². The molecule has 3 heterocycles. The molecule has 0 aliphatic carbocycles. The van der Waals surface area contributed by atoms with Gasteiger partial charge < -0.3 is 9.88 Å². The quantitative estimate of drug-likeness (QED) is 0.915. The molecule has 1 saturated heterocycles. The fourth-order valence-corrected chi connectivity index (χ4v) is 3.70. The van der Waals surface area contributed by atoms with Gasteiger partial charge in [-0.15, -0.1) is 0 Å². The van der Waals surface area contributed by atoms with E-state index in [0.29, 0.717) is 5.92 Å². The molecular weight excluding hydrogens is 248 g/mol. The minimum absolute atomic E-state index is 0.517. The highest BCUT2D eigenvalue weighted by Gasteiger charge is 2.25. The van der Waals surface area contributed by atoms with Gasteiger partial charge in [-0.05, 0) is 31.8 Å².